The van der Waals surface area contributed by atoms with Crippen LogP contribution in [-0.2, 0) is 14.9 Å². The van der Waals surface area contributed by atoms with E-state index < -0.39 is 28.5 Å². The average molecular weight is 321 g/mol. The summed E-state index contributed by atoms with van der Waals surface area (Å²) in [5.74, 6) is -1.02. The number of hydrogen-bond acceptors (Lipinski definition) is 4. The number of aliphatic carboxylic acids is 1. The van der Waals surface area contributed by atoms with Gasteiger partial charge in [0.2, 0.25) is 0 Å². The molecule has 3 N–H and O–H groups in total. The summed E-state index contributed by atoms with van der Waals surface area (Å²) in [5.41, 5.74) is -1.52. The van der Waals surface area contributed by atoms with Crippen LogP contribution in [0.4, 0.5) is 10.5 Å². The summed E-state index contributed by atoms with van der Waals surface area (Å²) < 4.78 is 5.21. The molecule has 1 amide bonds. The number of nitrogens with one attached hydrogen (secondary N) is 1. The zero-order chi connectivity index (χ0) is 17.6. The third-order valence-corrected chi connectivity index (χ3v) is 4.20. The third-order valence-electron chi connectivity index (χ3n) is 4.20. The number of carbonyl (C=O) groups excluding carboxylic acids is 1. The molecule has 126 valence electrons. The van der Waals surface area contributed by atoms with E-state index in [1.54, 1.807) is 20.8 Å². The fourth-order valence-corrected chi connectivity index (χ4v) is 2.97. The van der Waals surface area contributed by atoms with Gasteiger partial charge < -0.3 is 14.9 Å². The number of aromatic hydroxyl groups is 1. The minimum absolute atomic E-state index is 0.0435. The van der Waals surface area contributed by atoms with Crippen molar-refractivity contribution >= 4 is 17.7 Å². The molecule has 0 aromatic heterocycles. The molecule has 0 radical (unpaired) electrons. The summed E-state index contributed by atoms with van der Waals surface area (Å²) >= 11 is 0. The number of rotatable bonds is 3. The first-order chi connectivity index (χ1) is 10.4. The maximum atomic E-state index is 12.0. The van der Waals surface area contributed by atoms with Gasteiger partial charge in [0, 0.05) is 5.69 Å². The molecule has 1 aliphatic carbocycles. The van der Waals surface area contributed by atoms with Crippen LogP contribution in [0.5, 0.6) is 5.75 Å². The largest absolute Gasteiger partial charge is 0.508 e. The zero-order valence-electron chi connectivity index (χ0n) is 14.1. The van der Waals surface area contributed by atoms with E-state index in [0.717, 1.165) is 0 Å². The smallest absolute Gasteiger partial charge is 0.412 e. The van der Waals surface area contributed by atoms with Crippen molar-refractivity contribution in [1.29, 1.82) is 0 Å². The van der Waals surface area contributed by atoms with Crippen LogP contribution >= 0.6 is 0 Å². The van der Waals surface area contributed by atoms with Crippen LogP contribution in [0.2, 0.25) is 0 Å². The Bertz CT molecular complexity index is 659. The predicted molar refractivity (Wildman–Crippen MR) is 85.7 cm³/mol. The summed E-state index contributed by atoms with van der Waals surface area (Å²) in [4.78, 5) is 23.9. The molecule has 0 spiro atoms. The predicted octanol–water partition coefficient (Wildman–Crippen LogP) is 3.49. The van der Waals surface area contributed by atoms with Crippen LogP contribution in [0.15, 0.2) is 18.2 Å². The molecule has 6 nitrogen and oxygen atoms in total. The highest BCUT2D eigenvalue weighted by molar-refractivity contribution is 5.93. The van der Waals surface area contributed by atoms with Gasteiger partial charge in [-0.3, -0.25) is 10.1 Å². The number of hydrogen-bond donors (Lipinski definition) is 3. The van der Waals surface area contributed by atoms with Crippen molar-refractivity contribution in [2.24, 2.45) is 5.41 Å². The van der Waals surface area contributed by atoms with Crippen molar-refractivity contribution in [2.75, 3.05) is 5.32 Å². The van der Waals surface area contributed by atoms with Crippen molar-refractivity contribution in [2.45, 2.75) is 52.1 Å². The standard InChI is InChI=1S/C17H23NO5/c1-15(2,3)23-14(22)18-12-7-6-10(19)8-11(12)17(13(20)21)9-16(17,4)5/h6-8,19H,9H2,1-5H3,(H,18,22)(H,20,21). The first-order valence-corrected chi connectivity index (χ1v) is 7.46. The summed E-state index contributed by atoms with van der Waals surface area (Å²) in [6, 6.07) is 4.30. The number of benzene rings is 1. The van der Waals surface area contributed by atoms with Gasteiger partial charge in [-0.2, -0.15) is 0 Å². The number of carboxylic acids is 1. The molecule has 0 saturated heterocycles. The second-order valence-electron chi connectivity index (χ2n) is 7.63. The molecule has 1 saturated carbocycles. The fourth-order valence-electron chi connectivity index (χ4n) is 2.97. The minimum Gasteiger partial charge on any atom is -0.508 e. The van der Waals surface area contributed by atoms with E-state index in [1.165, 1.54) is 18.2 Å². The third kappa shape index (κ3) is 3.11. The van der Waals surface area contributed by atoms with E-state index in [1.807, 2.05) is 13.8 Å². The molecule has 1 atom stereocenters. The number of phenols is 1. The van der Waals surface area contributed by atoms with Crippen molar-refractivity contribution < 1.29 is 24.5 Å². The van der Waals surface area contributed by atoms with Crippen LogP contribution in [0.25, 0.3) is 0 Å². The van der Waals surface area contributed by atoms with Gasteiger partial charge in [0.1, 0.15) is 16.8 Å². The van der Waals surface area contributed by atoms with Crippen LogP contribution < -0.4 is 5.32 Å². The number of amides is 1. The topological polar surface area (TPSA) is 95.9 Å². The Balaban J connectivity index is 2.40. The molecular formula is C17H23NO5. The van der Waals surface area contributed by atoms with Gasteiger partial charge in [0.25, 0.3) is 0 Å². The highest BCUT2D eigenvalue weighted by atomic mass is 16.6. The Labute approximate surface area is 135 Å². The van der Waals surface area contributed by atoms with Crippen molar-refractivity contribution in [3.63, 3.8) is 0 Å². The molecule has 1 aromatic rings. The summed E-state index contributed by atoms with van der Waals surface area (Å²) in [6.07, 6.45) is -0.231. The summed E-state index contributed by atoms with van der Waals surface area (Å²) in [5, 5.41) is 22.1. The highest BCUT2D eigenvalue weighted by Crippen LogP contribution is 2.66. The molecule has 2 rings (SSSR count). The van der Waals surface area contributed by atoms with Crippen molar-refractivity contribution in [3.05, 3.63) is 23.8 Å². The number of carbonyl (C=O) groups is 2. The second-order valence-corrected chi connectivity index (χ2v) is 7.63. The molecule has 1 unspecified atom stereocenters. The van der Waals surface area contributed by atoms with Crippen molar-refractivity contribution in [1.82, 2.24) is 0 Å². The molecule has 1 aromatic carbocycles. The Morgan fingerprint density at radius 2 is 1.83 bits per heavy atom. The lowest BCUT2D eigenvalue weighted by atomic mass is 9.86. The van der Waals surface area contributed by atoms with E-state index in [9.17, 15) is 19.8 Å². The second kappa shape index (κ2) is 5.15. The van der Waals surface area contributed by atoms with E-state index in [2.05, 4.69) is 5.32 Å². The number of ether oxygens (including phenoxy) is 1. The fraction of sp³-hybridized carbons (Fsp3) is 0.529. The van der Waals surface area contributed by atoms with E-state index in [-0.39, 0.29) is 5.75 Å². The Morgan fingerprint density at radius 1 is 1.26 bits per heavy atom. The monoisotopic (exact) mass is 321 g/mol. The van der Waals surface area contributed by atoms with Gasteiger partial charge in [-0.15, -0.1) is 0 Å². The molecule has 0 heterocycles. The normalized spacial score (nSPS) is 22.3. The quantitative estimate of drug-likeness (QED) is 0.741. The SMILES string of the molecule is CC(C)(C)OC(=O)Nc1ccc(O)cc1C1(C(=O)O)CC1(C)C. The molecule has 0 bridgehead atoms. The van der Waals surface area contributed by atoms with E-state index in [4.69, 9.17) is 4.74 Å². The number of phenolic OH excluding ortho intramolecular Hbond substituents is 1. The van der Waals surface area contributed by atoms with Gasteiger partial charge >= 0.3 is 12.1 Å². The summed E-state index contributed by atoms with van der Waals surface area (Å²) in [6.45, 7) is 8.93. The van der Waals surface area contributed by atoms with Crippen LogP contribution in [0.3, 0.4) is 0 Å². The van der Waals surface area contributed by atoms with Crippen molar-refractivity contribution in [3.8, 4) is 5.75 Å². The average Bonchev–Trinajstić information content (AvgIpc) is 2.94. The minimum atomic E-state index is -1.13. The number of carboxylic acid groups (broad SMARTS) is 1. The first kappa shape index (κ1) is 17.1. The van der Waals surface area contributed by atoms with Gasteiger partial charge in [-0.25, -0.2) is 4.79 Å². The first-order valence-electron chi connectivity index (χ1n) is 7.46. The number of anilines is 1. The molecule has 6 heteroatoms. The molecular weight excluding hydrogens is 298 g/mol. The van der Waals surface area contributed by atoms with Gasteiger partial charge in [-0.1, -0.05) is 13.8 Å². The molecule has 0 aliphatic heterocycles. The van der Waals surface area contributed by atoms with Gasteiger partial charge in [0.15, 0.2) is 0 Å². The Hall–Kier alpha value is -2.24. The molecule has 23 heavy (non-hydrogen) atoms. The molecule has 1 aliphatic rings. The van der Waals surface area contributed by atoms with Crippen LogP contribution in [-0.4, -0.2) is 27.9 Å². The Kier molecular flexibility index (Phi) is 3.83. The molecule has 1 fully saturated rings. The van der Waals surface area contributed by atoms with Gasteiger partial charge in [0.05, 0.1) is 0 Å². The highest BCUT2D eigenvalue weighted by Gasteiger charge is 2.68. The van der Waals surface area contributed by atoms with E-state index >= 15 is 0 Å². The lowest BCUT2D eigenvalue weighted by Crippen LogP contribution is -2.30. The summed E-state index contributed by atoms with van der Waals surface area (Å²) in [7, 11) is 0. The van der Waals surface area contributed by atoms with Gasteiger partial charge in [-0.05, 0) is 56.4 Å². The maximum Gasteiger partial charge on any atom is 0.412 e. The lowest BCUT2D eigenvalue weighted by molar-refractivity contribution is -0.141. The lowest BCUT2D eigenvalue weighted by Gasteiger charge is -2.23. The van der Waals surface area contributed by atoms with Crippen LogP contribution in [0, 0.1) is 5.41 Å². The maximum absolute atomic E-state index is 12.0. The zero-order valence-corrected chi connectivity index (χ0v) is 14.1. The van der Waals surface area contributed by atoms with Crippen LogP contribution in [0.1, 0.15) is 46.6 Å². The van der Waals surface area contributed by atoms with E-state index in [0.29, 0.717) is 17.7 Å². The Morgan fingerprint density at radius 3 is 2.26 bits per heavy atom.